The Labute approximate surface area is 171 Å². The van der Waals surface area contributed by atoms with E-state index in [1.165, 1.54) is 5.56 Å². The van der Waals surface area contributed by atoms with E-state index >= 15 is 0 Å². The van der Waals surface area contributed by atoms with E-state index in [1.54, 1.807) is 0 Å². The molecule has 3 heterocycles. The maximum absolute atomic E-state index is 12.6. The fraction of sp³-hybridized carbons (Fsp3) is 0.375. The zero-order valence-electron chi connectivity index (χ0n) is 17.1. The van der Waals surface area contributed by atoms with Crippen LogP contribution in [0.25, 0.3) is 11.3 Å². The van der Waals surface area contributed by atoms with Crippen LogP contribution in [0.2, 0.25) is 0 Å². The lowest BCUT2D eigenvalue weighted by Crippen LogP contribution is -2.38. The molecule has 1 amide bonds. The van der Waals surface area contributed by atoms with Crippen LogP contribution in [0.15, 0.2) is 53.1 Å². The summed E-state index contributed by atoms with van der Waals surface area (Å²) in [6, 6.07) is 16.4. The van der Waals surface area contributed by atoms with Crippen molar-refractivity contribution >= 4 is 5.91 Å². The number of amides is 1. The van der Waals surface area contributed by atoms with Gasteiger partial charge in [0.2, 0.25) is 5.91 Å². The number of carbonyl (C=O) groups is 1. The minimum atomic E-state index is 0.254. The highest BCUT2D eigenvalue weighted by molar-refractivity contribution is 5.76. The molecular formula is C24H27N3O2. The molecule has 1 aliphatic rings. The molecule has 1 aliphatic heterocycles. The smallest absolute Gasteiger partial charge is 0.222 e. The maximum Gasteiger partial charge on any atom is 0.222 e. The van der Waals surface area contributed by atoms with Gasteiger partial charge in [0.15, 0.2) is 0 Å². The van der Waals surface area contributed by atoms with Gasteiger partial charge in [-0.05, 0) is 50.8 Å². The van der Waals surface area contributed by atoms with Gasteiger partial charge in [0.1, 0.15) is 5.76 Å². The lowest BCUT2D eigenvalue weighted by molar-refractivity contribution is -0.132. The largest absolute Gasteiger partial charge is 0.361 e. The first-order valence-electron chi connectivity index (χ1n) is 10.3. The molecule has 0 unspecified atom stereocenters. The lowest BCUT2D eigenvalue weighted by atomic mass is 9.92. The maximum atomic E-state index is 12.6. The first-order valence-corrected chi connectivity index (χ1v) is 10.3. The fourth-order valence-corrected chi connectivity index (χ4v) is 4.15. The summed E-state index contributed by atoms with van der Waals surface area (Å²) in [5.41, 5.74) is 5.08. The monoisotopic (exact) mass is 389 g/mol. The summed E-state index contributed by atoms with van der Waals surface area (Å²) in [4.78, 5) is 19.5. The molecule has 0 aliphatic carbocycles. The Morgan fingerprint density at radius 3 is 2.52 bits per heavy atom. The van der Waals surface area contributed by atoms with E-state index in [1.807, 2.05) is 43.0 Å². The van der Waals surface area contributed by atoms with Gasteiger partial charge < -0.3 is 9.42 Å². The predicted octanol–water partition coefficient (Wildman–Crippen LogP) is 4.69. The summed E-state index contributed by atoms with van der Waals surface area (Å²) < 4.78 is 5.30. The van der Waals surface area contributed by atoms with E-state index in [9.17, 15) is 4.79 Å². The van der Waals surface area contributed by atoms with Crippen molar-refractivity contribution in [2.45, 2.75) is 45.4 Å². The highest BCUT2D eigenvalue weighted by atomic mass is 16.5. The second kappa shape index (κ2) is 8.60. The van der Waals surface area contributed by atoms with Crippen molar-refractivity contribution in [2.75, 3.05) is 13.1 Å². The fourth-order valence-electron chi connectivity index (χ4n) is 4.15. The van der Waals surface area contributed by atoms with Crippen molar-refractivity contribution in [1.82, 2.24) is 15.0 Å². The molecule has 5 heteroatoms. The number of carbonyl (C=O) groups excluding carboxylic acids is 1. The van der Waals surface area contributed by atoms with E-state index < -0.39 is 0 Å². The molecule has 0 bridgehead atoms. The summed E-state index contributed by atoms with van der Waals surface area (Å²) in [6.45, 7) is 5.47. The number of nitrogens with zero attached hydrogens (tertiary/aromatic N) is 3. The van der Waals surface area contributed by atoms with Crippen LogP contribution in [0.3, 0.4) is 0 Å². The first-order chi connectivity index (χ1) is 14.1. The predicted molar refractivity (Wildman–Crippen MR) is 113 cm³/mol. The van der Waals surface area contributed by atoms with Crippen LogP contribution < -0.4 is 0 Å². The molecule has 0 radical (unpaired) electrons. The van der Waals surface area contributed by atoms with E-state index in [-0.39, 0.29) is 5.91 Å². The number of benzene rings is 1. The third-order valence-electron chi connectivity index (χ3n) is 5.80. The SMILES string of the molecule is Cc1noc(C)c1-c1cccc(C2CCN(C(=O)CCc3ccccc3)CC2)n1. The van der Waals surface area contributed by atoms with Crippen LogP contribution in [-0.4, -0.2) is 34.0 Å². The molecular weight excluding hydrogens is 362 g/mol. The van der Waals surface area contributed by atoms with Crippen LogP contribution in [-0.2, 0) is 11.2 Å². The van der Waals surface area contributed by atoms with Crippen LogP contribution >= 0.6 is 0 Å². The second-order valence-corrected chi connectivity index (χ2v) is 7.79. The minimum absolute atomic E-state index is 0.254. The number of hydrogen-bond donors (Lipinski definition) is 0. The highest BCUT2D eigenvalue weighted by Gasteiger charge is 2.25. The van der Waals surface area contributed by atoms with E-state index in [0.29, 0.717) is 12.3 Å². The van der Waals surface area contributed by atoms with E-state index in [0.717, 1.165) is 60.8 Å². The van der Waals surface area contributed by atoms with Gasteiger partial charge in [0, 0.05) is 31.1 Å². The molecule has 0 saturated carbocycles. The standard InChI is InChI=1S/C24H27N3O2/c1-17-24(18(2)29-26-17)22-10-6-9-21(25-22)20-13-15-27(16-14-20)23(28)12-11-19-7-4-3-5-8-19/h3-10,20H,11-16H2,1-2H3. The molecule has 0 N–H and O–H groups in total. The van der Waals surface area contributed by atoms with Gasteiger partial charge >= 0.3 is 0 Å². The Balaban J connectivity index is 1.36. The molecule has 4 rings (SSSR count). The zero-order valence-corrected chi connectivity index (χ0v) is 17.1. The van der Waals surface area contributed by atoms with Crippen molar-refractivity contribution in [3.8, 4) is 11.3 Å². The summed E-state index contributed by atoms with van der Waals surface area (Å²) >= 11 is 0. The molecule has 150 valence electrons. The van der Waals surface area contributed by atoms with Gasteiger partial charge in [-0.2, -0.15) is 0 Å². The third-order valence-corrected chi connectivity index (χ3v) is 5.80. The molecule has 5 nitrogen and oxygen atoms in total. The minimum Gasteiger partial charge on any atom is -0.361 e. The van der Waals surface area contributed by atoms with Crippen molar-refractivity contribution in [2.24, 2.45) is 0 Å². The molecule has 1 saturated heterocycles. The van der Waals surface area contributed by atoms with E-state index in [2.05, 4.69) is 29.4 Å². The van der Waals surface area contributed by atoms with Crippen molar-refractivity contribution in [1.29, 1.82) is 0 Å². The van der Waals surface area contributed by atoms with Gasteiger partial charge in [0.25, 0.3) is 0 Å². The molecule has 2 aromatic heterocycles. The van der Waals surface area contributed by atoms with Crippen LogP contribution in [0.4, 0.5) is 0 Å². The Morgan fingerprint density at radius 2 is 1.83 bits per heavy atom. The first kappa shape index (κ1) is 19.4. The lowest BCUT2D eigenvalue weighted by Gasteiger charge is -2.32. The highest BCUT2D eigenvalue weighted by Crippen LogP contribution is 2.30. The Bertz CT molecular complexity index is 953. The Hall–Kier alpha value is -2.95. The number of rotatable bonds is 5. The van der Waals surface area contributed by atoms with Crippen molar-refractivity contribution in [3.63, 3.8) is 0 Å². The van der Waals surface area contributed by atoms with Gasteiger partial charge in [0.05, 0.1) is 17.0 Å². The molecule has 3 aromatic rings. The summed E-state index contributed by atoms with van der Waals surface area (Å²) in [6.07, 6.45) is 3.29. The van der Waals surface area contributed by atoms with Gasteiger partial charge in [-0.3, -0.25) is 9.78 Å². The quantitative estimate of drug-likeness (QED) is 0.635. The summed E-state index contributed by atoms with van der Waals surface area (Å²) in [5, 5.41) is 4.04. The number of hydrogen-bond acceptors (Lipinski definition) is 4. The average molecular weight is 389 g/mol. The van der Waals surface area contributed by atoms with Gasteiger partial charge in [-0.15, -0.1) is 0 Å². The third kappa shape index (κ3) is 4.39. The van der Waals surface area contributed by atoms with E-state index in [4.69, 9.17) is 9.51 Å². The molecule has 0 atom stereocenters. The second-order valence-electron chi connectivity index (χ2n) is 7.79. The summed E-state index contributed by atoms with van der Waals surface area (Å²) in [7, 11) is 0. The average Bonchev–Trinajstić information content (AvgIpc) is 3.11. The number of pyridine rings is 1. The Morgan fingerprint density at radius 1 is 1.07 bits per heavy atom. The Kier molecular flexibility index (Phi) is 5.74. The van der Waals surface area contributed by atoms with Gasteiger partial charge in [-0.1, -0.05) is 41.6 Å². The molecule has 1 aromatic carbocycles. The number of likely N-dealkylation sites (tertiary alicyclic amines) is 1. The number of aryl methyl sites for hydroxylation is 3. The summed E-state index contributed by atoms with van der Waals surface area (Å²) in [5.74, 6) is 1.43. The van der Waals surface area contributed by atoms with Crippen LogP contribution in [0, 0.1) is 13.8 Å². The normalized spacial score (nSPS) is 14.9. The number of aromatic nitrogens is 2. The van der Waals surface area contributed by atoms with Crippen molar-refractivity contribution in [3.05, 3.63) is 71.2 Å². The molecule has 0 spiro atoms. The van der Waals surface area contributed by atoms with Crippen LogP contribution in [0.1, 0.15) is 47.9 Å². The number of piperidine rings is 1. The molecule has 29 heavy (non-hydrogen) atoms. The van der Waals surface area contributed by atoms with Crippen LogP contribution in [0.5, 0.6) is 0 Å². The zero-order chi connectivity index (χ0) is 20.2. The van der Waals surface area contributed by atoms with Crippen molar-refractivity contribution < 1.29 is 9.32 Å². The van der Waals surface area contributed by atoms with Gasteiger partial charge in [-0.25, -0.2) is 0 Å². The molecule has 1 fully saturated rings. The topological polar surface area (TPSA) is 59.2 Å².